The second-order valence-corrected chi connectivity index (χ2v) is 7.19. The van der Waals surface area contributed by atoms with E-state index in [4.69, 9.17) is 0 Å². The highest BCUT2D eigenvalue weighted by atomic mass is 16.1. The van der Waals surface area contributed by atoms with Gasteiger partial charge in [0, 0.05) is 43.8 Å². The molecule has 2 aromatic rings. The molecule has 0 unspecified atom stereocenters. The van der Waals surface area contributed by atoms with Gasteiger partial charge in [-0.05, 0) is 49.1 Å². The lowest BCUT2D eigenvalue weighted by molar-refractivity contribution is 0.0947. The molecule has 0 radical (unpaired) electrons. The fraction of sp³-hybridized carbons (Fsp3) is 0.450. The van der Waals surface area contributed by atoms with Crippen molar-refractivity contribution < 1.29 is 4.79 Å². The zero-order valence-corrected chi connectivity index (χ0v) is 15.0. The van der Waals surface area contributed by atoms with Crippen molar-refractivity contribution in [1.82, 2.24) is 20.2 Å². The van der Waals surface area contributed by atoms with Crippen molar-refractivity contribution >= 4 is 5.91 Å². The summed E-state index contributed by atoms with van der Waals surface area (Å²) in [7, 11) is 0. The fourth-order valence-corrected chi connectivity index (χ4v) is 3.31. The molecular formula is C20H26N4O. The Kier molecular flexibility index (Phi) is 5.76. The van der Waals surface area contributed by atoms with Crippen LogP contribution in [0.2, 0.25) is 0 Å². The third-order valence-corrected chi connectivity index (χ3v) is 4.53. The first-order valence-corrected chi connectivity index (χ1v) is 8.99. The van der Waals surface area contributed by atoms with Crippen LogP contribution >= 0.6 is 0 Å². The Hall–Kier alpha value is -2.27. The number of carbonyl (C=O) groups excluding carboxylic acids is 1. The molecule has 1 aliphatic rings. The van der Waals surface area contributed by atoms with Gasteiger partial charge in [0.25, 0.3) is 5.91 Å². The van der Waals surface area contributed by atoms with Crippen LogP contribution in [0.1, 0.15) is 30.6 Å². The van der Waals surface area contributed by atoms with E-state index in [1.165, 1.54) is 0 Å². The summed E-state index contributed by atoms with van der Waals surface area (Å²) >= 11 is 0. The fourth-order valence-electron chi connectivity index (χ4n) is 3.31. The normalized spacial score (nSPS) is 17.8. The van der Waals surface area contributed by atoms with Crippen LogP contribution in [-0.4, -0.2) is 47.0 Å². The van der Waals surface area contributed by atoms with Gasteiger partial charge in [0.15, 0.2) is 0 Å². The minimum atomic E-state index is -0.0486. The van der Waals surface area contributed by atoms with Gasteiger partial charge in [-0.25, -0.2) is 0 Å². The number of hydrogen-bond acceptors (Lipinski definition) is 4. The second-order valence-electron chi connectivity index (χ2n) is 7.19. The summed E-state index contributed by atoms with van der Waals surface area (Å²) in [5.74, 6) is 1.19. The summed E-state index contributed by atoms with van der Waals surface area (Å²) in [4.78, 5) is 23.3. The van der Waals surface area contributed by atoms with E-state index in [9.17, 15) is 4.79 Å². The van der Waals surface area contributed by atoms with Crippen molar-refractivity contribution in [3.8, 4) is 11.3 Å². The smallest absolute Gasteiger partial charge is 0.252 e. The monoisotopic (exact) mass is 338 g/mol. The molecule has 5 heteroatoms. The molecule has 1 aliphatic heterocycles. The van der Waals surface area contributed by atoms with Crippen molar-refractivity contribution in [3.63, 3.8) is 0 Å². The van der Waals surface area contributed by atoms with Crippen molar-refractivity contribution in [3.05, 3.63) is 48.4 Å². The van der Waals surface area contributed by atoms with E-state index in [2.05, 4.69) is 34.0 Å². The number of nitrogens with one attached hydrogen (secondary N) is 1. The Labute approximate surface area is 149 Å². The average molecular weight is 338 g/mol. The maximum atomic E-state index is 12.3. The number of pyridine rings is 2. The first kappa shape index (κ1) is 17.5. The molecule has 1 amide bonds. The Morgan fingerprint density at radius 2 is 2.20 bits per heavy atom. The molecule has 0 aromatic carbocycles. The molecular weight excluding hydrogens is 312 g/mol. The molecule has 0 bridgehead atoms. The number of hydrogen-bond donors (Lipinski definition) is 1. The van der Waals surface area contributed by atoms with E-state index in [-0.39, 0.29) is 5.91 Å². The first-order chi connectivity index (χ1) is 12.1. The van der Waals surface area contributed by atoms with Crippen LogP contribution in [0, 0.1) is 11.8 Å². The molecule has 5 nitrogen and oxygen atoms in total. The largest absolute Gasteiger partial charge is 0.352 e. The molecule has 132 valence electrons. The summed E-state index contributed by atoms with van der Waals surface area (Å²) in [6, 6.07) is 7.52. The molecule has 0 spiro atoms. The third-order valence-electron chi connectivity index (χ3n) is 4.53. The maximum absolute atomic E-state index is 12.3. The van der Waals surface area contributed by atoms with Crippen LogP contribution in [0.15, 0.2) is 42.9 Å². The van der Waals surface area contributed by atoms with Gasteiger partial charge in [0.1, 0.15) is 0 Å². The highest BCUT2D eigenvalue weighted by Gasteiger charge is 2.23. The van der Waals surface area contributed by atoms with Gasteiger partial charge in [-0.15, -0.1) is 0 Å². The Morgan fingerprint density at radius 1 is 1.32 bits per heavy atom. The predicted molar refractivity (Wildman–Crippen MR) is 99.2 cm³/mol. The number of rotatable bonds is 6. The zero-order valence-electron chi connectivity index (χ0n) is 15.0. The van der Waals surface area contributed by atoms with E-state index in [0.717, 1.165) is 43.9 Å². The Balaban J connectivity index is 1.50. The molecule has 3 heterocycles. The van der Waals surface area contributed by atoms with Crippen LogP contribution in [0.25, 0.3) is 11.3 Å². The Bertz CT molecular complexity index is 685. The molecule has 0 aliphatic carbocycles. The average Bonchev–Trinajstić information content (AvgIpc) is 3.07. The van der Waals surface area contributed by atoms with Crippen LogP contribution in [0.5, 0.6) is 0 Å². The maximum Gasteiger partial charge on any atom is 0.252 e. The van der Waals surface area contributed by atoms with E-state index >= 15 is 0 Å². The van der Waals surface area contributed by atoms with Crippen molar-refractivity contribution in [1.29, 1.82) is 0 Å². The molecule has 1 saturated heterocycles. The van der Waals surface area contributed by atoms with Crippen molar-refractivity contribution in [2.24, 2.45) is 11.8 Å². The highest BCUT2D eigenvalue weighted by molar-refractivity contribution is 5.94. The number of likely N-dealkylation sites (tertiary alicyclic amines) is 1. The molecule has 0 saturated carbocycles. The number of nitrogens with zero attached hydrogens (tertiary/aromatic N) is 3. The van der Waals surface area contributed by atoms with Gasteiger partial charge in [0.05, 0.1) is 11.3 Å². The van der Waals surface area contributed by atoms with E-state index in [1.54, 1.807) is 18.6 Å². The summed E-state index contributed by atoms with van der Waals surface area (Å²) in [5, 5.41) is 3.06. The van der Waals surface area contributed by atoms with Gasteiger partial charge in [0.2, 0.25) is 0 Å². The molecule has 1 fully saturated rings. The lowest BCUT2D eigenvalue weighted by Gasteiger charge is -2.18. The van der Waals surface area contributed by atoms with Gasteiger partial charge < -0.3 is 10.2 Å². The lowest BCUT2D eigenvalue weighted by Crippen LogP contribution is -2.31. The van der Waals surface area contributed by atoms with E-state index in [0.29, 0.717) is 17.4 Å². The summed E-state index contributed by atoms with van der Waals surface area (Å²) in [5.41, 5.74) is 2.38. The van der Waals surface area contributed by atoms with Crippen LogP contribution in [-0.2, 0) is 0 Å². The van der Waals surface area contributed by atoms with Crippen molar-refractivity contribution in [2.75, 3.05) is 26.2 Å². The van der Waals surface area contributed by atoms with E-state index in [1.807, 2.05) is 24.3 Å². The lowest BCUT2D eigenvalue weighted by atomic mass is 10.1. The molecule has 1 N–H and O–H groups in total. The van der Waals surface area contributed by atoms with Gasteiger partial charge >= 0.3 is 0 Å². The topological polar surface area (TPSA) is 58.1 Å². The quantitative estimate of drug-likeness (QED) is 0.880. The highest BCUT2D eigenvalue weighted by Crippen LogP contribution is 2.17. The molecule has 1 atom stereocenters. The van der Waals surface area contributed by atoms with E-state index < -0.39 is 0 Å². The number of carbonyl (C=O) groups is 1. The molecule has 3 rings (SSSR count). The number of aromatic nitrogens is 2. The molecule has 25 heavy (non-hydrogen) atoms. The molecule has 2 aromatic heterocycles. The predicted octanol–water partition coefficient (Wildman–Crippen LogP) is 2.85. The summed E-state index contributed by atoms with van der Waals surface area (Å²) in [6.45, 7) is 8.59. The minimum absolute atomic E-state index is 0.0486. The van der Waals surface area contributed by atoms with Crippen LogP contribution in [0.4, 0.5) is 0 Å². The van der Waals surface area contributed by atoms with Gasteiger partial charge in [-0.1, -0.05) is 13.8 Å². The summed E-state index contributed by atoms with van der Waals surface area (Å²) < 4.78 is 0. The SMILES string of the molecule is CC(C)CN1CC[C@@H](CNC(=O)c2ccc(-c3cccnc3)nc2)C1. The van der Waals surface area contributed by atoms with Crippen LogP contribution in [0.3, 0.4) is 0 Å². The number of amides is 1. The standard InChI is InChI=1S/C20H26N4O/c1-15(2)13-24-9-7-16(14-24)10-23-20(25)18-5-6-19(22-12-18)17-4-3-8-21-11-17/h3-6,8,11-12,15-16H,7,9-10,13-14H2,1-2H3,(H,23,25)/t16-/m0/s1. The zero-order chi connectivity index (χ0) is 17.6. The third kappa shape index (κ3) is 4.86. The Morgan fingerprint density at radius 3 is 2.88 bits per heavy atom. The first-order valence-electron chi connectivity index (χ1n) is 8.99. The minimum Gasteiger partial charge on any atom is -0.352 e. The van der Waals surface area contributed by atoms with Gasteiger partial charge in [-0.3, -0.25) is 14.8 Å². The second kappa shape index (κ2) is 8.21. The van der Waals surface area contributed by atoms with Crippen LogP contribution < -0.4 is 5.32 Å². The van der Waals surface area contributed by atoms with Gasteiger partial charge in [-0.2, -0.15) is 0 Å². The van der Waals surface area contributed by atoms with Crippen molar-refractivity contribution in [2.45, 2.75) is 20.3 Å². The summed E-state index contributed by atoms with van der Waals surface area (Å²) in [6.07, 6.45) is 6.30.